The lowest BCUT2D eigenvalue weighted by Crippen LogP contribution is -2.30. The SMILES string of the molecule is Cc1c(C(=O)NS(C)(=O)=O)nnn1-c1ccc(-c2ccccc2)cc1. The van der Waals surface area contributed by atoms with Crippen molar-refractivity contribution in [2.24, 2.45) is 0 Å². The number of nitrogens with zero attached hydrogens (tertiary/aromatic N) is 3. The van der Waals surface area contributed by atoms with E-state index in [2.05, 4.69) is 10.3 Å². The zero-order valence-corrected chi connectivity index (χ0v) is 14.5. The maximum atomic E-state index is 12.0. The highest BCUT2D eigenvalue weighted by molar-refractivity contribution is 7.89. The van der Waals surface area contributed by atoms with Crippen LogP contribution in [0.5, 0.6) is 0 Å². The van der Waals surface area contributed by atoms with Gasteiger partial charge in [-0.2, -0.15) is 0 Å². The summed E-state index contributed by atoms with van der Waals surface area (Å²) in [5.41, 5.74) is 3.30. The van der Waals surface area contributed by atoms with Gasteiger partial charge >= 0.3 is 0 Å². The molecular weight excluding hydrogens is 340 g/mol. The van der Waals surface area contributed by atoms with Crippen LogP contribution in [-0.2, 0) is 10.0 Å². The lowest BCUT2D eigenvalue weighted by Gasteiger charge is -2.06. The van der Waals surface area contributed by atoms with E-state index >= 15 is 0 Å². The van der Waals surface area contributed by atoms with Crippen LogP contribution >= 0.6 is 0 Å². The Morgan fingerprint density at radius 3 is 2.20 bits per heavy atom. The van der Waals surface area contributed by atoms with Gasteiger partial charge in [0.1, 0.15) is 0 Å². The first-order valence-electron chi connectivity index (χ1n) is 7.45. The van der Waals surface area contributed by atoms with E-state index < -0.39 is 15.9 Å². The Morgan fingerprint density at radius 1 is 1.00 bits per heavy atom. The van der Waals surface area contributed by atoms with Crippen LogP contribution in [0.15, 0.2) is 54.6 Å². The molecule has 3 aromatic rings. The highest BCUT2D eigenvalue weighted by atomic mass is 32.2. The number of benzene rings is 2. The predicted molar refractivity (Wildman–Crippen MR) is 93.8 cm³/mol. The number of rotatable bonds is 4. The maximum absolute atomic E-state index is 12.0. The number of sulfonamides is 1. The van der Waals surface area contributed by atoms with Gasteiger partial charge in [0.2, 0.25) is 10.0 Å². The summed E-state index contributed by atoms with van der Waals surface area (Å²) in [5.74, 6) is -0.799. The number of amides is 1. The van der Waals surface area contributed by atoms with E-state index in [1.165, 1.54) is 4.68 Å². The number of carbonyl (C=O) groups excluding carboxylic acids is 1. The molecule has 0 saturated heterocycles. The second kappa shape index (κ2) is 6.48. The molecule has 1 amide bonds. The second-order valence-corrected chi connectivity index (χ2v) is 7.30. The van der Waals surface area contributed by atoms with Gasteiger partial charge in [0.15, 0.2) is 5.69 Å². The summed E-state index contributed by atoms with van der Waals surface area (Å²) in [6, 6.07) is 17.6. The first kappa shape index (κ1) is 16.8. The van der Waals surface area contributed by atoms with Gasteiger partial charge in [-0.05, 0) is 30.2 Å². The molecule has 0 unspecified atom stereocenters. The van der Waals surface area contributed by atoms with Crippen molar-refractivity contribution in [3.05, 3.63) is 66.0 Å². The Morgan fingerprint density at radius 2 is 1.60 bits per heavy atom. The van der Waals surface area contributed by atoms with E-state index in [4.69, 9.17) is 0 Å². The van der Waals surface area contributed by atoms with E-state index in [9.17, 15) is 13.2 Å². The summed E-state index contributed by atoms with van der Waals surface area (Å²) < 4.78 is 25.8. The van der Waals surface area contributed by atoms with Crippen LogP contribution in [0.25, 0.3) is 16.8 Å². The molecular formula is C17H16N4O3S. The fraction of sp³-hybridized carbons (Fsp3) is 0.118. The Kier molecular flexibility index (Phi) is 4.37. The van der Waals surface area contributed by atoms with Gasteiger partial charge in [-0.1, -0.05) is 47.7 Å². The van der Waals surface area contributed by atoms with Crippen LogP contribution in [0.4, 0.5) is 0 Å². The highest BCUT2D eigenvalue weighted by Crippen LogP contribution is 2.21. The minimum absolute atomic E-state index is 0.0300. The number of carbonyl (C=O) groups is 1. The predicted octanol–water partition coefficient (Wildman–Crippen LogP) is 1.93. The minimum atomic E-state index is -3.66. The van der Waals surface area contributed by atoms with Gasteiger partial charge in [0.25, 0.3) is 5.91 Å². The molecule has 0 fully saturated rings. The molecule has 0 radical (unpaired) electrons. The van der Waals surface area contributed by atoms with Crippen molar-refractivity contribution in [3.63, 3.8) is 0 Å². The van der Waals surface area contributed by atoms with Crippen molar-refractivity contribution in [2.45, 2.75) is 6.92 Å². The molecule has 1 aromatic heterocycles. The molecule has 8 heteroatoms. The molecule has 0 saturated carbocycles. The number of hydrogen-bond acceptors (Lipinski definition) is 5. The monoisotopic (exact) mass is 356 g/mol. The molecule has 128 valence electrons. The molecule has 0 aliphatic rings. The summed E-state index contributed by atoms with van der Waals surface area (Å²) >= 11 is 0. The van der Waals surface area contributed by atoms with Crippen LogP contribution < -0.4 is 4.72 Å². The quantitative estimate of drug-likeness (QED) is 0.771. The number of nitrogens with one attached hydrogen (secondary N) is 1. The summed E-state index contributed by atoms with van der Waals surface area (Å²) in [6.45, 7) is 1.66. The highest BCUT2D eigenvalue weighted by Gasteiger charge is 2.20. The molecule has 0 atom stereocenters. The van der Waals surface area contributed by atoms with Crippen molar-refractivity contribution in [1.29, 1.82) is 0 Å². The Balaban J connectivity index is 1.89. The molecule has 0 spiro atoms. The van der Waals surface area contributed by atoms with Gasteiger partial charge in [-0.25, -0.2) is 17.8 Å². The second-order valence-electron chi connectivity index (χ2n) is 5.55. The fourth-order valence-corrected chi connectivity index (χ4v) is 2.86. The van der Waals surface area contributed by atoms with Crippen LogP contribution in [0.1, 0.15) is 16.2 Å². The standard InChI is InChI=1S/C17H16N4O3S/c1-12-16(17(22)19-25(2,23)24)18-20-21(12)15-10-8-14(9-11-15)13-6-4-3-5-7-13/h3-11H,1-2H3,(H,19,22). The number of hydrogen-bond donors (Lipinski definition) is 1. The Labute approximate surface area is 145 Å². The lowest BCUT2D eigenvalue weighted by atomic mass is 10.1. The van der Waals surface area contributed by atoms with E-state index in [1.807, 2.05) is 59.3 Å². The molecule has 3 rings (SSSR count). The third-order valence-corrected chi connectivity index (χ3v) is 4.16. The first-order chi connectivity index (χ1) is 11.8. The van der Waals surface area contributed by atoms with Crippen LogP contribution in [0.3, 0.4) is 0 Å². The van der Waals surface area contributed by atoms with Crippen molar-refractivity contribution in [2.75, 3.05) is 6.26 Å². The van der Waals surface area contributed by atoms with Crippen LogP contribution in [-0.4, -0.2) is 35.6 Å². The first-order valence-corrected chi connectivity index (χ1v) is 9.34. The van der Waals surface area contributed by atoms with E-state index in [0.717, 1.165) is 23.1 Å². The van der Waals surface area contributed by atoms with E-state index in [1.54, 1.807) is 6.92 Å². The van der Waals surface area contributed by atoms with Crippen LogP contribution in [0, 0.1) is 6.92 Å². The van der Waals surface area contributed by atoms with Gasteiger partial charge in [-0.15, -0.1) is 5.10 Å². The normalized spacial score (nSPS) is 11.3. The summed E-state index contributed by atoms with van der Waals surface area (Å²) in [5, 5.41) is 7.74. The zero-order chi connectivity index (χ0) is 18.0. The average Bonchev–Trinajstić information content (AvgIpc) is 2.96. The summed E-state index contributed by atoms with van der Waals surface area (Å²) in [7, 11) is -3.66. The molecule has 1 N–H and O–H groups in total. The maximum Gasteiger partial charge on any atom is 0.287 e. The molecule has 25 heavy (non-hydrogen) atoms. The minimum Gasteiger partial charge on any atom is -0.266 e. The van der Waals surface area contributed by atoms with Gasteiger partial charge < -0.3 is 0 Å². The van der Waals surface area contributed by atoms with Crippen molar-refractivity contribution >= 4 is 15.9 Å². The Hall–Kier alpha value is -3.00. The third kappa shape index (κ3) is 3.74. The van der Waals surface area contributed by atoms with E-state index in [-0.39, 0.29) is 5.69 Å². The third-order valence-electron chi connectivity index (χ3n) is 3.61. The average molecular weight is 356 g/mol. The smallest absolute Gasteiger partial charge is 0.266 e. The topological polar surface area (TPSA) is 93.9 Å². The van der Waals surface area contributed by atoms with Crippen molar-refractivity contribution in [1.82, 2.24) is 19.7 Å². The lowest BCUT2D eigenvalue weighted by molar-refractivity contribution is 0.0976. The summed E-state index contributed by atoms with van der Waals surface area (Å²) in [4.78, 5) is 12.0. The number of aromatic nitrogens is 3. The van der Waals surface area contributed by atoms with Crippen molar-refractivity contribution < 1.29 is 13.2 Å². The van der Waals surface area contributed by atoms with Gasteiger partial charge in [0.05, 0.1) is 17.6 Å². The molecule has 0 aliphatic heterocycles. The van der Waals surface area contributed by atoms with Gasteiger partial charge in [-0.3, -0.25) is 4.79 Å². The Bertz CT molecular complexity index is 1010. The molecule has 2 aromatic carbocycles. The molecule has 1 heterocycles. The fourth-order valence-electron chi connectivity index (χ4n) is 2.43. The zero-order valence-electron chi connectivity index (χ0n) is 13.7. The van der Waals surface area contributed by atoms with Gasteiger partial charge in [0, 0.05) is 0 Å². The largest absolute Gasteiger partial charge is 0.287 e. The van der Waals surface area contributed by atoms with E-state index in [0.29, 0.717) is 5.69 Å². The summed E-state index contributed by atoms with van der Waals surface area (Å²) in [6.07, 6.45) is 0.910. The molecule has 0 bridgehead atoms. The molecule has 0 aliphatic carbocycles. The van der Waals surface area contributed by atoms with Crippen LogP contribution in [0.2, 0.25) is 0 Å². The molecule has 7 nitrogen and oxygen atoms in total. The van der Waals surface area contributed by atoms with Crippen molar-refractivity contribution in [3.8, 4) is 16.8 Å².